The Kier molecular flexibility index (Phi) is 2.23. The van der Waals surface area contributed by atoms with Crippen molar-refractivity contribution in [1.29, 1.82) is 5.26 Å². The first kappa shape index (κ1) is 12.3. The van der Waals surface area contributed by atoms with E-state index in [4.69, 9.17) is 4.74 Å². The van der Waals surface area contributed by atoms with Crippen molar-refractivity contribution in [2.24, 2.45) is 11.8 Å². The van der Waals surface area contributed by atoms with Crippen molar-refractivity contribution in [1.82, 2.24) is 0 Å². The lowest BCUT2D eigenvalue weighted by atomic mass is 9.78. The first-order chi connectivity index (χ1) is 10.1. The van der Waals surface area contributed by atoms with Gasteiger partial charge in [0.1, 0.15) is 6.07 Å². The van der Waals surface area contributed by atoms with Gasteiger partial charge in [0.15, 0.2) is 0 Å². The van der Waals surface area contributed by atoms with Crippen LogP contribution in [0.4, 0.5) is 5.69 Å². The summed E-state index contributed by atoms with van der Waals surface area (Å²) in [6, 6.07) is 8.70. The first-order valence-corrected chi connectivity index (χ1v) is 6.81. The van der Waals surface area contributed by atoms with E-state index < -0.39 is 17.4 Å². The smallest absolute Gasteiger partial charge is 0.241 e. The van der Waals surface area contributed by atoms with Crippen molar-refractivity contribution >= 4 is 17.5 Å². The molecule has 21 heavy (non-hydrogen) atoms. The van der Waals surface area contributed by atoms with E-state index in [1.165, 1.54) is 0 Å². The van der Waals surface area contributed by atoms with E-state index >= 15 is 0 Å². The van der Waals surface area contributed by atoms with E-state index in [-0.39, 0.29) is 17.9 Å². The molecule has 0 aromatic heterocycles. The Morgan fingerprint density at radius 3 is 2.76 bits per heavy atom. The van der Waals surface area contributed by atoms with Crippen molar-refractivity contribution < 1.29 is 14.3 Å². The molecule has 0 radical (unpaired) electrons. The highest BCUT2D eigenvalue weighted by Gasteiger charge is 2.66. The summed E-state index contributed by atoms with van der Waals surface area (Å²) in [5, 5.41) is 9.18. The molecule has 2 saturated heterocycles. The quantitative estimate of drug-likeness (QED) is 0.576. The molecule has 1 aromatic carbocycles. The standard InChI is InChI=1S/C16H12N2O3/c1-16-7-6-11(21-16)12-13(16)15(20)18(14(12)19)10-5-3-2-4-9(10)8-17/h2-7,11-13H,1H3/t11-,12-,13-,16-/m1/s1. The monoisotopic (exact) mass is 280 g/mol. The predicted molar refractivity (Wildman–Crippen MR) is 73.0 cm³/mol. The molecule has 2 amide bonds. The molecule has 4 rings (SSSR count). The van der Waals surface area contributed by atoms with Crippen LogP contribution in [0.25, 0.3) is 0 Å². The van der Waals surface area contributed by atoms with Crippen LogP contribution in [0.1, 0.15) is 12.5 Å². The van der Waals surface area contributed by atoms with E-state index in [1.807, 2.05) is 25.1 Å². The largest absolute Gasteiger partial charge is 0.362 e. The average Bonchev–Trinajstić information content (AvgIpc) is 3.08. The number of imide groups is 1. The van der Waals surface area contributed by atoms with E-state index in [9.17, 15) is 14.9 Å². The van der Waals surface area contributed by atoms with Gasteiger partial charge in [-0.1, -0.05) is 24.3 Å². The second kappa shape index (κ2) is 3.80. The van der Waals surface area contributed by atoms with E-state index in [1.54, 1.807) is 24.3 Å². The van der Waals surface area contributed by atoms with Gasteiger partial charge >= 0.3 is 0 Å². The van der Waals surface area contributed by atoms with Gasteiger partial charge in [-0.25, -0.2) is 4.90 Å². The molecule has 0 N–H and O–H groups in total. The number of carbonyl (C=O) groups is 2. The number of rotatable bonds is 1. The molecule has 0 saturated carbocycles. The van der Waals surface area contributed by atoms with Crippen molar-refractivity contribution in [2.45, 2.75) is 18.6 Å². The molecule has 3 aliphatic heterocycles. The van der Waals surface area contributed by atoms with Crippen molar-refractivity contribution in [2.75, 3.05) is 4.90 Å². The van der Waals surface area contributed by atoms with Crippen LogP contribution in [-0.4, -0.2) is 23.5 Å². The van der Waals surface area contributed by atoms with Crippen LogP contribution < -0.4 is 4.90 Å². The van der Waals surface area contributed by atoms with Crippen LogP contribution in [0.3, 0.4) is 0 Å². The summed E-state index contributed by atoms with van der Waals surface area (Å²) in [5.41, 5.74) is -0.0174. The number of hydrogen-bond acceptors (Lipinski definition) is 4. The topological polar surface area (TPSA) is 70.4 Å². The summed E-state index contributed by atoms with van der Waals surface area (Å²) in [5.74, 6) is -1.51. The van der Waals surface area contributed by atoms with Gasteiger partial charge in [0.25, 0.3) is 0 Å². The van der Waals surface area contributed by atoms with Gasteiger partial charge in [0, 0.05) is 0 Å². The summed E-state index contributed by atoms with van der Waals surface area (Å²) in [7, 11) is 0. The maximum Gasteiger partial charge on any atom is 0.241 e. The Morgan fingerprint density at radius 1 is 1.29 bits per heavy atom. The van der Waals surface area contributed by atoms with E-state index in [2.05, 4.69) is 0 Å². The highest BCUT2D eigenvalue weighted by molar-refractivity contribution is 6.23. The van der Waals surface area contributed by atoms with Crippen molar-refractivity contribution in [3.05, 3.63) is 42.0 Å². The highest BCUT2D eigenvalue weighted by Crippen LogP contribution is 2.52. The third-order valence-electron chi connectivity index (χ3n) is 4.59. The molecule has 5 heteroatoms. The molecule has 1 aromatic rings. The van der Waals surface area contributed by atoms with Gasteiger partial charge in [0.05, 0.1) is 34.8 Å². The number of carbonyl (C=O) groups excluding carboxylic acids is 2. The van der Waals surface area contributed by atoms with Crippen molar-refractivity contribution in [3.63, 3.8) is 0 Å². The second-order valence-electron chi connectivity index (χ2n) is 5.77. The summed E-state index contributed by atoms with van der Waals surface area (Å²) in [6.45, 7) is 1.83. The lowest BCUT2D eigenvalue weighted by Crippen LogP contribution is -2.38. The van der Waals surface area contributed by atoms with Crippen LogP contribution in [0, 0.1) is 23.2 Å². The highest BCUT2D eigenvalue weighted by atomic mass is 16.5. The Morgan fingerprint density at radius 2 is 2.05 bits per heavy atom. The number of benzene rings is 1. The number of anilines is 1. The number of hydrogen-bond donors (Lipinski definition) is 0. The SMILES string of the molecule is C[C@]12C=C[C@@H](O1)[C@H]1C(=O)N(c3ccccc3C#N)C(=O)[C@@H]12. The van der Waals surface area contributed by atoms with Crippen molar-refractivity contribution in [3.8, 4) is 6.07 Å². The summed E-state index contributed by atoms with van der Waals surface area (Å²) in [6.07, 6.45) is 3.38. The first-order valence-electron chi connectivity index (χ1n) is 6.81. The molecule has 3 heterocycles. The fourth-order valence-corrected chi connectivity index (χ4v) is 3.65. The van der Waals surface area contributed by atoms with Gasteiger partial charge < -0.3 is 4.74 Å². The number of amides is 2. The van der Waals surface area contributed by atoms with Gasteiger partial charge in [0.2, 0.25) is 11.8 Å². The maximum atomic E-state index is 12.7. The molecule has 104 valence electrons. The summed E-state index contributed by atoms with van der Waals surface area (Å²) >= 11 is 0. The zero-order valence-electron chi connectivity index (χ0n) is 11.3. The summed E-state index contributed by atoms with van der Waals surface area (Å²) < 4.78 is 5.76. The van der Waals surface area contributed by atoms with Crippen LogP contribution in [0.15, 0.2) is 36.4 Å². The Balaban J connectivity index is 1.83. The zero-order valence-corrected chi connectivity index (χ0v) is 11.3. The van der Waals surface area contributed by atoms with E-state index in [0.29, 0.717) is 11.3 Å². The van der Waals surface area contributed by atoms with Gasteiger partial charge in [-0.05, 0) is 19.1 Å². The average molecular weight is 280 g/mol. The molecule has 0 spiro atoms. The molecule has 0 unspecified atom stereocenters. The minimum absolute atomic E-state index is 0.272. The molecular weight excluding hydrogens is 268 g/mol. The van der Waals surface area contributed by atoms with Crippen LogP contribution in [0.5, 0.6) is 0 Å². The zero-order chi connectivity index (χ0) is 14.8. The maximum absolute atomic E-state index is 12.7. The molecule has 4 atom stereocenters. The van der Waals surface area contributed by atoms with Gasteiger partial charge in [-0.2, -0.15) is 5.26 Å². The molecule has 5 nitrogen and oxygen atoms in total. The van der Waals surface area contributed by atoms with E-state index in [0.717, 1.165) is 4.90 Å². The number of ether oxygens (including phenoxy) is 1. The number of para-hydroxylation sites is 1. The van der Waals surface area contributed by atoms with Crippen LogP contribution in [0.2, 0.25) is 0 Å². The number of nitrogens with zero attached hydrogens (tertiary/aromatic N) is 2. The Labute approximate surface area is 121 Å². The third kappa shape index (κ3) is 1.38. The third-order valence-corrected chi connectivity index (χ3v) is 4.59. The minimum Gasteiger partial charge on any atom is -0.362 e. The molecule has 2 fully saturated rings. The summed E-state index contributed by atoms with van der Waals surface area (Å²) in [4.78, 5) is 26.6. The fraction of sp³-hybridized carbons (Fsp3) is 0.312. The number of nitriles is 1. The molecule has 3 aliphatic rings. The lowest BCUT2D eigenvalue weighted by molar-refractivity contribution is -0.126. The molecule has 2 bridgehead atoms. The van der Waals surface area contributed by atoms with Crippen LogP contribution >= 0.6 is 0 Å². The second-order valence-corrected chi connectivity index (χ2v) is 5.77. The van der Waals surface area contributed by atoms with Gasteiger partial charge in [-0.3, -0.25) is 9.59 Å². The molecular formula is C16H12N2O3. The predicted octanol–water partition coefficient (Wildman–Crippen LogP) is 1.39. The van der Waals surface area contributed by atoms with Gasteiger partial charge in [-0.15, -0.1) is 0 Å². The molecule has 0 aliphatic carbocycles. The lowest BCUT2D eigenvalue weighted by Gasteiger charge is -2.24. The Bertz CT molecular complexity index is 748. The fourth-order valence-electron chi connectivity index (χ4n) is 3.65. The Hall–Kier alpha value is -2.45. The minimum atomic E-state index is -0.710. The number of fused-ring (bicyclic) bond motifs is 5. The normalized spacial score (nSPS) is 36.2. The van der Waals surface area contributed by atoms with Crippen LogP contribution in [-0.2, 0) is 14.3 Å².